The van der Waals surface area contributed by atoms with Gasteiger partial charge >= 0.3 is 10.4 Å². The van der Waals surface area contributed by atoms with Crippen LogP contribution < -0.4 is 0 Å². The van der Waals surface area contributed by atoms with Crippen LogP contribution in [0.4, 0.5) is 0 Å². The Bertz CT molecular complexity index is 92.4. The van der Waals surface area contributed by atoms with Crippen molar-refractivity contribution in [3.63, 3.8) is 0 Å². The van der Waals surface area contributed by atoms with Crippen molar-refractivity contribution in [1.29, 1.82) is 0 Å². The van der Waals surface area contributed by atoms with Gasteiger partial charge in [0.25, 0.3) is 0 Å². The Morgan fingerprint density at radius 3 is 0.800 bits per heavy atom. The molecule has 0 saturated carbocycles. The molecular weight excluding hydrogens is 251 g/mol. The zero-order chi connectivity index (χ0) is 4.50. The van der Waals surface area contributed by atoms with Gasteiger partial charge in [-0.1, -0.05) is 0 Å². The summed E-state index contributed by atoms with van der Waals surface area (Å²) in [6.45, 7) is 0. The SMILES string of the molecule is O.O.O.O.O=S(=O)(O)O.[Zr]. The molecule has 0 amide bonds. The normalized spacial score (nSPS) is 5.80. The van der Waals surface area contributed by atoms with Gasteiger partial charge in [0.1, 0.15) is 0 Å². The molecular formula is H10O8SZr. The van der Waals surface area contributed by atoms with E-state index < -0.39 is 10.4 Å². The molecule has 0 atom stereocenters. The van der Waals surface area contributed by atoms with E-state index in [9.17, 15) is 0 Å². The molecule has 68 valence electrons. The van der Waals surface area contributed by atoms with Gasteiger partial charge in [0, 0.05) is 26.2 Å². The van der Waals surface area contributed by atoms with Crippen molar-refractivity contribution < 1.29 is 65.6 Å². The predicted molar refractivity (Wildman–Crippen MR) is 28.6 cm³/mol. The summed E-state index contributed by atoms with van der Waals surface area (Å²) in [6.07, 6.45) is 0. The van der Waals surface area contributed by atoms with Crippen molar-refractivity contribution in [1.82, 2.24) is 0 Å². The Hall–Kier alpha value is 0.593. The van der Waals surface area contributed by atoms with Gasteiger partial charge in [0.05, 0.1) is 0 Å². The standard InChI is InChI=1S/H2O4S.4H2O.Zr/c1-5(2,3)4;;;;;/h(H2,1,2,3,4);4*1H2;. The molecule has 0 aromatic rings. The zero-order valence-corrected chi connectivity index (χ0v) is 7.89. The van der Waals surface area contributed by atoms with Gasteiger partial charge in [0.2, 0.25) is 0 Å². The molecule has 10 heavy (non-hydrogen) atoms. The van der Waals surface area contributed by atoms with Crippen LogP contribution in [0.2, 0.25) is 0 Å². The Kier molecular flexibility index (Phi) is 75.3. The third-order valence-corrected chi connectivity index (χ3v) is 0. The Labute approximate surface area is 76.2 Å². The first-order valence-corrected chi connectivity index (χ1v) is 2.10. The van der Waals surface area contributed by atoms with Gasteiger partial charge in [-0.05, 0) is 0 Å². The summed E-state index contributed by atoms with van der Waals surface area (Å²) >= 11 is 0. The molecule has 10 heteroatoms. The van der Waals surface area contributed by atoms with Crippen molar-refractivity contribution in [3.05, 3.63) is 0 Å². The second kappa shape index (κ2) is 16.3. The van der Waals surface area contributed by atoms with Gasteiger partial charge in [-0.25, -0.2) is 0 Å². The molecule has 0 fully saturated rings. The molecule has 0 aliphatic heterocycles. The topological polar surface area (TPSA) is 201 Å². The van der Waals surface area contributed by atoms with E-state index in [0.29, 0.717) is 0 Å². The molecule has 0 bridgehead atoms. The first-order chi connectivity index (χ1) is 2.00. The molecule has 8 nitrogen and oxygen atoms in total. The molecule has 0 heterocycles. The minimum Gasteiger partial charge on any atom is -0.412 e. The second-order valence-corrected chi connectivity index (χ2v) is 1.34. The van der Waals surface area contributed by atoms with E-state index in [1.165, 1.54) is 0 Å². The molecule has 0 unspecified atom stereocenters. The van der Waals surface area contributed by atoms with Crippen LogP contribution in [0.3, 0.4) is 0 Å². The smallest absolute Gasteiger partial charge is 0.394 e. The van der Waals surface area contributed by atoms with Gasteiger partial charge in [0.15, 0.2) is 0 Å². The zero-order valence-electron chi connectivity index (χ0n) is 4.62. The average Bonchev–Trinajstić information content (AvgIpc) is 0.722. The molecule has 0 radical (unpaired) electrons. The monoisotopic (exact) mass is 260 g/mol. The minimum atomic E-state index is -4.67. The Morgan fingerprint density at radius 2 is 0.800 bits per heavy atom. The van der Waals surface area contributed by atoms with Gasteiger partial charge in [-0.3, -0.25) is 9.11 Å². The molecule has 0 aliphatic rings. The largest absolute Gasteiger partial charge is 0.412 e. The Morgan fingerprint density at radius 1 is 0.800 bits per heavy atom. The molecule has 0 saturated heterocycles. The van der Waals surface area contributed by atoms with E-state index in [-0.39, 0.29) is 48.1 Å². The van der Waals surface area contributed by atoms with Gasteiger partial charge in [-0.15, -0.1) is 0 Å². The first kappa shape index (κ1) is 46.2. The van der Waals surface area contributed by atoms with Crippen LogP contribution in [0.25, 0.3) is 0 Å². The summed E-state index contributed by atoms with van der Waals surface area (Å²) < 4.78 is 31.6. The fourth-order valence-corrected chi connectivity index (χ4v) is 0. The summed E-state index contributed by atoms with van der Waals surface area (Å²) in [6, 6.07) is 0. The maximum absolute atomic E-state index is 8.74. The van der Waals surface area contributed by atoms with E-state index in [0.717, 1.165) is 0 Å². The fraction of sp³-hybridized carbons (Fsp3) is 0. The summed E-state index contributed by atoms with van der Waals surface area (Å²) in [4.78, 5) is 0. The Balaban J connectivity index is -0.00000000800. The van der Waals surface area contributed by atoms with Crippen molar-refractivity contribution in [2.24, 2.45) is 0 Å². The van der Waals surface area contributed by atoms with Crippen LogP contribution in [-0.2, 0) is 36.6 Å². The molecule has 0 aromatic carbocycles. The van der Waals surface area contributed by atoms with E-state index in [4.69, 9.17) is 17.5 Å². The van der Waals surface area contributed by atoms with Crippen LogP contribution in [0.1, 0.15) is 0 Å². The molecule has 0 aliphatic carbocycles. The maximum Gasteiger partial charge on any atom is 0.394 e. The second-order valence-electron chi connectivity index (χ2n) is 0.448. The van der Waals surface area contributed by atoms with Gasteiger partial charge in [-0.2, -0.15) is 8.42 Å². The third kappa shape index (κ3) is 1410. The molecule has 0 aromatic heterocycles. The summed E-state index contributed by atoms with van der Waals surface area (Å²) in [5, 5.41) is 0. The maximum atomic E-state index is 8.74. The number of hydrogen-bond acceptors (Lipinski definition) is 2. The van der Waals surface area contributed by atoms with E-state index in [1.54, 1.807) is 0 Å². The van der Waals surface area contributed by atoms with Crippen LogP contribution in [0, 0.1) is 0 Å². The van der Waals surface area contributed by atoms with Crippen molar-refractivity contribution in [3.8, 4) is 0 Å². The van der Waals surface area contributed by atoms with Crippen molar-refractivity contribution in [2.45, 2.75) is 0 Å². The first-order valence-electron chi connectivity index (χ1n) is 0.698. The van der Waals surface area contributed by atoms with Crippen LogP contribution in [-0.4, -0.2) is 39.4 Å². The summed E-state index contributed by atoms with van der Waals surface area (Å²) in [5.74, 6) is 0. The quantitative estimate of drug-likeness (QED) is 0.419. The molecule has 0 rings (SSSR count). The predicted octanol–water partition coefficient (Wildman–Crippen LogP) is -3.95. The number of hydrogen-bond donors (Lipinski definition) is 2. The molecule has 10 N–H and O–H groups in total. The van der Waals surface area contributed by atoms with E-state index >= 15 is 0 Å². The van der Waals surface area contributed by atoms with E-state index in [2.05, 4.69) is 0 Å². The van der Waals surface area contributed by atoms with Crippen LogP contribution in [0.15, 0.2) is 0 Å². The average molecular weight is 261 g/mol. The summed E-state index contributed by atoms with van der Waals surface area (Å²) in [7, 11) is -4.67. The van der Waals surface area contributed by atoms with Crippen LogP contribution in [0.5, 0.6) is 0 Å². The number of rotatable bonds is 0. The fourth-order valence-electron chi connectivity index (χ4n) is 0. The van der Waals surface area contributed by atoms with Crippen molar-refractivity contribution >= 4 is 10.4 Å². The van der Waals surface area contributed by atoms with Gasteiger partial charge < -0.3 is 21.9 Å². The van der Waals surface area contributed by atoms with E-state index in [1.807, 2.05) is 0 Å². The summed E-state index contributed by atoms with van der Waals surface area (Å²) in [5.41, 5.74) is 0. The third-order valence-electron chi connectivity index (χ3n) is 0. The molecule has 0 spiro atoms. The van der Waals surface area contributed by atoms with Crippen LogP contribution >= 0.6 is 0 Å². The minimum absolute atomic E-state index is 0. The van der Waals surface area contributed by atoms with Crippen molar-refractivity contribution in [2.75, 3.05) is 0 Å².